The second-order valence-electron chi connectivity index (χ2n) is 9.62. The Bertz CT molecular complexity index is 1040. The number of rotatable bonds is 5. The average molecular weight is 449 g/mol. The quantitative estimate of drug-likeness (QED) is 0.683. The van der Waals surface area contributed by atoms with Crippen LogP contribution in [0.25, 0.3) is 11.3 Å². The first-order chi connectivity index (χ1) is 16.2. The molecule has 8 heteroatoms. The van der Waals surface area contributed by atoms with Gasteiger partial charge in [0.1, 0.15) is 11.6 Å². The molecule has 32 heavy (non-hydrogen) atoms. The normalized spacial score (nSPS) is 31.8. The van der Waals surface area contributed by atoms with Crippen LogP contribution >= 0.6 is 0 Å². The zero-order valence-electron chi connectivity index (χ0n) is 20.1. The van der Waals surface area contributed by atoms with Crippen LogP contribution in [0.3, 0.4) is 0 Å². The summed E-state index contributed by atoms with van der Waals surface area (Å²) in [7, 11) is 0. The molecule has 0 amide bonds. The van der Waals surface area contributed by atoms with Crippen molar-refractivity contribution >= 4 is 5.82 Å². The van der Waals surface area contributed by atoms with Gasteiger partial charge >= 0.3 is 0 Å². The number of nitrogens with one attached hydrogen (secondary N) is 1. The van der Waals surface area contributed by atoms with E-state index < -0.39 is 29.4 Å². The highest BCUT2D eigenvalue weighted by Gasteiger charge is 2.42. The van der Waals surface area contributed by atoms with Crippen LogP contribution < -0.4 is 5.32 Å². The number of anilines is 1. The topological polar surface area (TPSA) is 50.3 Å². The molecule has 172 valence electrons. The monoisotopic (exact) mass is 448 g/mol. The maximum absolute atomic E-state index is 14.0. The number of nitrogens with zero attached hydrogens (tertiary/aromatic N) is 3. The van der Waals surface area contributed by atoms with E-state index in [9.17, 15) is 13.2 Å². The summed E-state index contributed by atoms with van der Waals surface area (Å²) < 4.78 is 64.4. The molecule has 0 spiro atoms. The predicted molar refractivity (Wildman–Crippen MR) is 116 cm³/mol. The lowest BCUT2D eigenvalue weighted by Gasteiger charge is -2.37. The molecule has 4 atom stereocenters. The van der Waals surface area contributed by atoms with Gasteiger partial charge in [0, 0.05) is 52.0 Å². The number of halogens is 3. The Hall–Kier alpha value is -2.19. The van der Waals surface area contributed by atoms with E-state index in [1.165, 1.54) is 6.07 Å². The summed E-state index contributed by atoms with van der Waals surface area (Å²) in [6.45, 7) is 3.20. The molecule has 1 aromatic heterocycles. The molecule has 3 heterocycles. The predicted octanol–water partition coefficient (Wildman–Crippen LogP) is 4.50. The molecule has 2 aromatic rings. The molecule has 5 rings (SSSR count). The largest absolute Gasteiger partial charge is 0.381 e. The van der Waals surface area contributed by atoms with Gasteiger partial charge in [0.25, 0.3) is 0 Å². The van der Waals surface area contributed by atoms with Gasteiger partial charge < -0.3 is 15.0 Å². The summed E-state index contributed by atoms with van der Waals surface area (Å²) in [6, 6.07) is 4.70. The summed E-state index contributed by atoms with van der Waals surface area (Å²) in [6.07, 6.45) is 3.52. The maximum Gasteiger partial charge on any atom is 0.168 e. The molecule has 3 fully saturated rings. The Balaban J connectivity index is 1.20. The number of ether oxygens (including phenoxy) is 1. The highest BCUT2D eigenvalue weighted by Crippen LogP contribution is 2.41. The van der Waals surface area contributed by atoms with Crippen molar-refractivity contribution in [3.8, 4) is 11.3 Å². The van der Waals surface area contributed by atoms with Crippen LogP contribution in [0.2, 0.25) is 0 Å². The standard InChI is InChI=1S/C24H29F3N4O/c1-24(5-2-6-32-14-24)13-31-11-15-7-18(8-16(15)12-31)28-22-4-3-21(29-30-22)19-9-17(25)10-20(26)23(19)27/h3-4,9-10,15-16,18H,2,5-8,11-14H2,1H3,(H,28,30)/t15-,16+,18?,24?/i13D2. The highest BCUT2D eigenvalue weighted by molar-refractivity contribution is 5.60. The minimum atomic E-state index is -1.41. The summed E-state index contributed by atoms with van der Waals surface area (Å²) in [4.78, 5) is 2.01. The molecule has 2 saturated heterocycles. The summed E-state index contributed by atoms with van der Waals surface area (Å²) in [5.74, 6) is -1.98. The fourth-order valence-corrected chi connectivity index (χ4v) is 5.42. The molecule has 1 aromatic carbocycles. The Morgan fingerprint density at radius 2 is 1.97 bits per heavy atom. The summed E-state index contributed by atoms with van der Waals surface area (Å²) in [5.41, 5.74) is -0.704. The Morgan fingerprint density at radius 3 is 2.62 bits per heavy atom. The number of aromatic nitrogens is 2. The third-order valence-corrected chi connectivity index (χ3v) is 6.90. The number of fused-ring (bicyclic) bond motifs is 1. The summed E-state index contributed by atoms with van der Waals surface area (Å²) in [5, 5.41) is 11.4. The fourth-order valence-electron chi connectivity index (χ4n) is 5.42. The highest BCUT2D eigenvalue weighted by atomic mass is 19.2. The third kappa shape index (κ3) is 4.48. The molecule has 2 unspecified atom stereocenters. The summed E-state index contributed by atoms with van der Waals surface area (Å²) >= 11 is 0. The van der Waals surface area contributed by atoms with Gasteiger partial charge in [0.05, 0.1) is 12.3 Å². The second-order valence-corrected chi connectivity index (χ2v) is 9.62. The van der Waals surface area contributed by atoms with Crippen LogP contribution in [-0.4, -0.2) is 53.9 Å². The molecule has 0 radical (unpaired) electrons. The maximum atomic E-state index is 14.0. The van der Waals surface area contributed by atoms with E-state index in [2.05, 4.69) is 15.5 Å². The first kappa shape index (κ1) is 19.3. The van der Waals surface area contributed by atoms with Crippen LogP contribution in [0.1, 0.15) is 35.3 Å². The van der Waals surface area contributed by atoms with Gasteiger partial charge in [-0.25, -0.2) is 13.2 Å². The van der Waals surface area contributed by atoms with Gasteiger partial charge in [-0.05, 0) is 55.7 Å². The van der Waals surface area contributed by atoms with Crippen molar-refractivity contribution in [3.63, 3.8) is 0 Å². The molecule has 5 nitrogen and oxygen atoms in total. The van der Waals surface area contributed by atoms with Crippen LogP contribution in [0.4, 0.5) is 19.0 Å². The van der Waals surface area contributed by atoms with Gasteiger partial charge in [-0.1, -0.05) is 6.92 Å². The number of hydrogen-bond donors (Lipinski definition) is 1. The van der Waals surface area contributed by atoms with Crippen molar-refractivity contribution in [1.82, 2.24) is 15.1 Å². The molecular weight excluding hydrogens is 417 g/mol. The zero-order chi connectivity index (χ0) is 24.1. The van der Waals surface area contributed by atoms with Crippen molar-refractivity contribution in [2.24, 2.45) is 17.3 Å². The van der Waals surface area contributed by atoms with Gasteiger partial charge in [-0.3, -0.25) is 0 Å². The molecule has 1 N–H and O–H groups in total. The molecule has 0 bridgehead atoms. The van der Waals surface area contributed by atoms with E-state index in [0.29, 0.717) is 36.9 Å². The Morgan fingerprint density at radius 1 is 1.19 bits per heavy atom. The minimum Gasteiger partial charge on any atom is -0.381 e. The molecular formula is C24H29F3N4O. The zero-order valence-corrected chi connectivity index (χ0v) is 18.1. The van der Waals surface area contributed by atoms with Gasteiger partial charge in [-0.2, -0.15) is 0 Å². The third-order valence-electron chi connectivity index (χ3n) is 6.90. The Labute approximate surface area is 189 Å². The smallest absolute Gasteiger partial charge is 0.168 e. The van der Waals surface area contributed by atoms with E-state index in [1.54, 1.807) is 6.07 Å². The van der Waals surface area contributed by atoms with E-state index in [-0.39, 0.29) is 17.3 Å². The van der Waals surface area contributed by atoms with Crippen LogP contribution in [0.15, 0.2) is 24.3 Å². The van der Waals surface area contributed by atoms with E-state index >= 15 is 0 Å². The second kappa shape index (κ2) is 8.63. The molecule has 1 saturated carbocycles. The number of likely N-dealkylation sites (tertiary alicyclic amines) is 1. The number of benzene rings is 1. The average Bonchev–Trinajstić information content (AvgIpc) is 3.36. The number of hydrogen-bond acceptors (Lipinski definition) is 5. The van der Waals surface area contributed by atoms with Crippen molar-refractivity contribution < 1.29 is 20.6 Å². The van der Waals surface area contributed by atoms with Crippen LogP contribution in [0.5, 0.6) is 0 Å². The molecule has 3 aliphatic rings. The van der Waals surface area contributed by atoms with Gasteiger partial charge in [0.2, 0.25) is 0 Å². The van der Waals surface area contributed by atoms with Crippen LogP contribution in [-0.2, 0) is 4.74 Å². The lowest BCUT2D eigenvalue weighted by atomic mass is 9.84. The van der Waals surface area contributed by atoms with Crippen LogP contribution in [0, 0.1) is 34.7 Å². The lowest BCUT2D eigenvalue weighted by molar-refractivity contribution is -0.0142. The lowest BCUT2D eigenvalue weighted by Crippen LogP contribution is -2.41. The first-order valence-corrected chi connectivity index (χ1v) is 11.2. The van der Waals surface area contributed by atoms with Crippen molar-refractivity contribution in [2.45, 2.75) is 38.6 Å². The molecule has 2 aliphatic heterocycles. The first-order valence-electron chi connectivity index (χ1n) is 12.2. The molecule has 1 aliphatic carbocycles. The van der Waals surface area contributed by atoms with Gasteiger partial charge in [-0.15, -0.1) is 10.2 Å². The minimum absolute atomic E-state index is 0.0581. The van der Waals surface area contributed by atoms with Crippen molar-refractivity contribution in [1.29, 1.82) is 0 Å². The Kier molecular flexibility index (Phi) is 5.20. The van der Waals surface area contributed by atoms with Gasteiger partial charge in [0.15, 0.2) is 11.6 Å². The fraction of sp³-hybridized carbons (Fsp3) is 0.583. The SMILES string of the molecule is [2H]C([2H])(N1C[C@H]2CC(Nc3ccc(-c4cc(F)cc(F)c4F)nn3)C[C@H]2C1)C1(C)CCCOC1. The van der Waals surface area contributed by atoms with E-state index in [1.807, 2.05) is 11.8 Å². The van der Waals surface area contributed by atoms with Crippen molar-refractivity contribution in [3.05, 3.63) is 41.7 Å². The van der Waals surface area contributed by atoms with Crippen molar-refractivity contribution in [2.75, 3.05) is 38.1 Å². The van der Waals surface area contributed by atoms with E-state index in [0.717, 1.165) is 44.8 Å². The van der Waals surface area contributed by atoms with E-state index in [4.69, 9.17) is 7.48 Å².